The van der Waals surface area contributed by atoms with Crippen LogP contribution in [0.2, 0.25) is 0 Å². The Morgan fingerprint density at radius 3 is 2.58 bits per heavy atom. The summed E-state index contributed by atoms with van der Waals surface area (Å²) in [7, 11) is 0. The van der Waals surface area contributed by atoms with Crippen LogP contribution in [-0.2, 0) is 9.59 Å². The Hall–Kier alpha value is -1.50. The van der Waals surface area contributed by atoms with Crippen LogP contribution in [0.1, 0.15) is 45.4 Å². The third kappa shape index (κ3) is 4.59. The predicted molar refractivity (Wildman–Crippen MR) is 73.3 cm³/mol. The molecule has 0 heterocycles. The molecule has 2 N–H and O–H groups in total. The molecule has 4 heteroatoms. The van der Waals surface area contributed by atoms with E-state index < -0.39 is 11.9 Å². The molecule has 0 saturated heterocycles. The zero-order chi connectivity index (χ0) is 14.3. The normalized spacial score (nSPS) is 25.8. The lowest BCUT2D eigenvalue weighted by Crippen LogP contribution is -2.35. The second-order valence-electron chi connectivity index (χ2n) is 5.25. The van der Waals surface area contributed by atoms with Gasteiger partial charge in [0.05, 0.1) is 11.8 Å². The summed E-state index contributed by atoms with van der Waals surface area (Å²) in [4.78, 5) is 23.2. The van der Waals surface area contributed by atoms with Gasteiger partial charge in [-0.15, -0.1) is 12.3 Å². The number of amides is 1. The van der Waals surface area contributed by atoms with Crippen LogP contribution in [0.15, 0.2) is 0 Å². The highest BCUT2D eigenvalue weighted by molar-refractivity contribution is 5.85. The minimum Gasteiger partial charge on any atom is -0.481 e. The van der Waals surface area contributed by atoms with Gasteiger partial charge in [0, 0.05) is 13.0 Å². The maximum Gasteiger partial charge on any atom is 0.307 e. The van der Waals surface area contributed by atoms with E-state index in [2.05, 4.69) is 11.2 Å². The van der Waals surface area contributed by atoms with E-state index in [0.717, 1.165) is 25.7 Å². The van der Waals surface area contributed by atoms with Gasteiger partial charge in [0.2, 0.25) is 5.91 Å². The maximum atomic E-state index is 12.0. The molecule has 19 heavy (non-hydrogen) atoms. The number of carboxylic acids is 1. The summed E-state index contributed by atoms with van der Waals surface area (Å²) in [5.41, 5.74) is 0. The molecule has 0 aromatic heterocycles. The molecule has 106 valence electrons. The van der Waals surface area contributed by atoms with Crippen molar-refractivity contribution in [2.45, 2.75) is 45.4 Å². The van der Waals surface area contributed by atoms with Crippen molar-refractivity contribution in [1.29, 1.82) is 0 Å². The number of aliphatic carboxylic acids is 1. The van der Waals surface area contributed by atoms with Crippen molar-refractivity contribution in [3.63, 3.8) is 0 Å². The molecule has 0 spiro atoms. The summed E-state index contributed by atoms with van der Waals surface area (Å²) in [6.07, 6.45) is 9.87. The molecule has 0 aromatic rings. The smallest absolute Gasteiger partial charge is 0.307 e. The van der Waals surface area contributed by atoms with Crippen molar-refractivity contribution in [2.24, 2.45) is 17.8 Å². The molecule has 1 amide bonds. The second kappa shape index (κ2) is 7.83. The zero-order valence-corrected chi connectivity index (χ0v) is 11.5. The summed E-state index contributed by atoms with van der Waals surface area (Å²) in [5, 5.41) is 12.0. The van der Waals surface area contributed by atoms with Crippen molar-refractivity contribution in [3.05, 3.63) is 0 Å². The number of hydrogen-bond donors (Lipinski definition) is 2. The highest BCUT2D eigenvalue weighted by Crippen LogP contribution is 2.38. The monoisotopic (exact) mass is 265 g/mol. The number of carbonyl (C=O) groups is 2. The van der Waals surface area contributed by atoms with Crippen LogP contribution in [0.5, 0.6) is 0 Å². The van der Waals surface area contributed by atoms with Gasteiger partial charge in [-0.05, 0) is 31.6 Å². The molecule has 1 fully saturated rings. The number of rotatable bonds is 7. The largest absolute Gasteiger partial charge is 0.481 e. The van der Waals surface area contributed by atoms with Crippen molar-refractivity contribution in [3.8, 4) is 12.3 Å². The molecule has 3 atom stereocenters. The Kier molecular flexibility index (Phi) is 6.41. The Bertz CT molecular complexity index is 359. The quantitative estimate of drug-likeness (QED) is 0.547. The van der Waals surface area contributed by atoms with Gasteiger partial charge in [-0.2, -0.15) is 0 Å². The number of hydrogen-bond acceptors (Lipinski definition) is 2. The van der Waals surface area contributed by atoms with Gasteiger partial charge in [-0.1, -0.05) is 13.3 Å². The molecule has 0 radical (unpaired) electrons. The third-order valence-corrected chi connectivity index (χ3v) is 3.94. The molecule has 1 aliphatic carbocycles. The predicted octanol–water partition coefficient (Wildman–Crippen LogP) is 2.04. The van der Waals surface area contributed by atoms with E-state index in [9.17, 15) is 14.7 Å². The Morgan fingerprint density at radius 2 is 2.00 bits per heavy atom. The summed E-state index contributed by atoms with van der Waals surface area (Å²) in [5.74, 6) is 1.08. The Morgan fingerprint density at radius 1 is 1.32 bits per heavy atom. The highest BCUT2D eigenvalue weighted by Gasteiger charge is 2.41. The first kappa shape index (κ1) is 15.6. The van der Waals surface area contributed by atoms with E-state index in [1.165, 1.54) is 0 Å². The van der Waals surface area contributed by atoms with Crippen LogP contribution in [0, 0.1) is 30.1 Å². The first-order valence-electron chi connectivity index (χ1n) is 7.04. The molecule has 1 saturated carbocycles. The van der Waals surface area contributed by atoms with E-state index in [1.807, 2.05) is 6.92 Å². The molecule has 0 aliphatic heterocycles. The number of carbonyl (C=O) groups excluding carboxylic acids is 1. The lowest BCUT2D eigenvalue weighted by Gasteiger charge is -2.15. The number of terminal acetylenes is 1. The van der Waals surface area contributed by atoms with E-state index in [-0.39, 0.29) is 11.8 Å². The minimum absolute atomic E-state index is 0.107. The highest BCUT2D eigenvalue weighted by atomic mass is 16.4. The maximum absolute atomic E-state index is 12.0. The summed E-state index contributed by atoms with van der Waals surface area (Å²) < 4.78 is 0. The fraction of sp³-hybridized carbons (Fsp3) is 0.733. The lowest BCUT2D eigenvalue weighted by atomic mass is 9.95. The van der Waals surface area contributed by atoms with Gasteiger partial charge in [-0.25, -0.2) is 0 Å². The first-order valence-corrected chi connectivity index (χ1v) is 7.04. The molecule has 1 rings (SSSR count). The number of unbranched alkanes of at least 4 members (excludes halogenated alkanes) is 2. The summed E-state index contributed by atoms with van der Waals surface area (Å²) >= 11 is 0. The van der Waals surface area contributed by atoms with Gasteiger partial charge in [0.15, 0.2) is 0 Å². The van der Waals surface area contributed by atoms with Crippen LogP contribution in [0.4, 0.5) is 0 Å². The van der Waals surface area contributed by atoms with E-state index in [1.54, 1.807) is 0 Å². The van der Waals surface area contributed by atoms with Gasteiger partial charge in [-0.3, -0.25) is 9.59 Å². The molecular weight excluding hydrogens is 242 g/mol. The SMILES string of the molecule is C#CCCCCNC(=O)C1CC(CC)CC1C(=O)O. The van der Waals surface area contributed by atoms with E-state index in [0.29, 0.717) is 25.3 Å². The van der Waals surface area contributed by atoms with Gasteiger partial charge < -0.3 is 10.4 Å². The number of carboxylic acid groups (broad SMARTS) is 1. The first-order chi connectivity index (χ1) is 9.10. The Labute approximate surface area is 115 Å². The Balaban J connectivity index is 2.41. The van der Waals surface area contributed by atoms with E-state index in [4.69, 9.17) is 6.42 Å². The van der Waals surface area contributed by atoms with Crippen molar-refractivity contribution in [2.75, 3.05) is 6.54 Å². The van der Waals surface area contributed by atoms with Crippen LogP contribution < -0.4 is 5.32 Å². The fourth-order valence-corrected chi connectivity index (χ4v) is 2.73. The van der Waals surface area contributed by atoms with Gasteiger partial charge in [0.1, 0.15) is 0 Å². The van der Waals surface area contributed by atoms with Gasteiger partial charge in [0.25, 0.3) is 0 Å². The van der Waals surface area contributed by atoms with Crippen LogP contribution >= 0.6 is 0 Å². The average Bonchev–Trinajstić information content (AvgIpc) is 2.82. The fourth-order valence-electron chi connectivity index (χ4n) is 2.73. The second-order valence-corrected chi connectivity index (χ2v) is 5.25. The topological polar surface area (TPSA) is 66.4 Å². The van der Waals surface area contributed by atoms with Crippen molar-refractivity contribution < 1.29 is 14.7 Å². The molecular formula is C15H23NO3. The van der Waals surface area contributed by atoms with Crippen LogP contribution in [-0.4, -0.2) is 23.5 Å². The molecule has 1 aliphatic rings. The number of nitrogens with one attached hydrogen (secondary N) is 1. The van der Waals surface area contributed by atoms with Crippen LogP contribution in [0.3, 0.4) is 0 Å². The summed E-state index contributed by atoms with van der Waals surface area (Å²) in [6.45, 7) is 2.63. The summed E-state index contributed by atoms with van der Waals surface area (Å²) in [6, 6.07) is 0. The van der Waals surface area contributed by atoms with E-state index >= 15 is 0 Å². The van der Waals surface area contributed by atoms with Crippen LogP contribution in [0.25, 0.3) is 0 Å². The van der Waals surface area contributed by atoms with Crippen molar-refractivity contribution >= 4 is 11.9 Å². The zero-order valence-electron chi connectivity index (χ0n) is 11.5. The molecule has 4 nitrogen and oxygen atoms in total. The molecule has 0 aromatic carbocycles. The molecule has 3 unspecified atom stereocenters. The van der Waals surface area contributed by atoms with Gasteiger partial charge >= 0.3 is 5.97 Å². The van der Waals surface area contributed by atoms with Crippen molar-refractivity contribution in [1.82, 2.24) is 5.32 Å². The molecule has 0 bridgehead atoms. The third-order valence-electron chi connectivity index (χ3n) is 3.94. The standard InChI is InChI=1S/C15H23NO3/c1-3-5-6-7-8-16-14(17)12-9-11(4-2)10-13(12)15(18)19/h1,11-13H,4-10H2,2H3,(H,16,17)(H,18,19). The minimum atomic E-state index is -0.844. The lowest BCUT2D eigenvalue weighted by molar-refractivity contribution is -0.146. The average molecular weight is 265 g/mol.